The molecule has 2 aromatic carbocycles. The van der Waals surface area contributed by atoms with E-state index in [-0.39, 0.29) is 11.7 Å². The summed E-state index contributed by atoms with van der Waals surface area (Å²) in [5.41, 5.74) is 1.60. The molecule has 1 aliphatic rings. The van der Waals surface area contributed by atoms with E-state index in [9.17, 15) is 9.59 Å². The van der Waals surface area contributed by atoms with Gasteiger partial charge in [-0.15, -0.1) is 0 Å². The lowest BCUT2D eigenvalue weighted by Crippen LogP contribution is -2.43. The SMILES string of the molecule is CC1CC(C)CN(C(=O)c2ccccc2C(=O)c2ccccc2)C1. The Morgan fingerprint density at radius 3 is 2.00 bits per heavy atom. The van der Waals surface area contributed by atoms with E-state index in [1.54, 1.807) is 24.3 Å². The lowest BCUT2D eigenvalue weighted by molar-refractivity contribution is 0.0620. The van der Waals surface area contributed by atoms with Crippen molar-refractivity contribution in [2.24, 2.45) is 11.8 Å². The Bertz CT molecular complexity index is 729. The van der Waals surface area contributed by atoms with Crippen molar-refractivity contribution in [3.63, 3.8) is 0 Å². The maximum absolute atomic E-state index is 13.0. The second kappa shape index (κ2) is 7.00. The molecular formula is C21H23NO2. The van der Waals surface area contributed by atoms with Gasteiger partial charge in [0.15, 0.2) is 5.78 Å². The first-order valence-corrected chi connectivity index (χ1v) is 8.54. The maximum atomic E-state index is 13.0. The summed E-state index contributed by atoms with van der Waals surface area (Å²) in [7, 11) is 0. The first-order chi connectivity index (χ1) is 11.6. The Balaban J connectivity index is 1.92. The summed E-state index contributed by atoms with van der Waals surface area (Å²) in [6.45, 7) is 5.88. The van der Waals surface area contributed by atoms with Gasteiger partial charge < -0.3 is 4.90 Å². The molecule has 0 aromatic heterocycles. The molecule has 0 spiro atoms. The molecule has 2 aromatic rings. The largest absolute Gasteiger partial charge is 0.338 e. The fourth-order valence-corrected chi connectivity index (χ4v) is 3.61. The third-order valence-electron chi connectivity index (χ3n) is 4.59. The van der Waals surface area contributed by atoms with Crippen molar-refractivity contribution in [1.82, 2.24) is 4.90 Å². The fraction of sp³-hybridized carbons (Fsp3) is 0.333. The van der Waals surface area contributed by atoms with Gasteiger partial charge in [-0.25, -0.2) is 0 Å². The van der Waals surface area contributed by atoms with Gasteiger partial charge in [0.1, 0.15) is 0 Å². The van der Waals surface area contributed by atoms with Crippen molar-refractivity contribution in [2.75, 3.05) is 13.1 Å². The van der Waals surface area contributed by atoms with Gasteiger partial charge in [0.2, 0.25) is 0 Å². The zero-order valence-corrected chi connectivity index (χ0v) is 14.2. The third-order valence-corrected chi connectivity index (χ3v) is 4.59. The van der Waals surface area contributed by atoms with Crippen molar-refractivity contribution in [1.29, 1.82) is 0 Å². The van der Waals surface area contributed by atoms with Gasteiger partial charge in [-0.1, -0.05) is 62.4 Å². The van der Waals surface area contributed by atoms with Crippen LogP contribution < -0.4 is 0 Å². The summed E-state index contributed by atoms with van der Waals surface area (Å²) in [6, 6.07) is 16.3. The molecule has 3 heteroatoms. The van der Waals surface area contributed by atoms with E-state index in [1.165, 1.54) is 0 Å². The molecule has 0 radical (unpaired) electrons. The number of ketones is 1. The molecule has 0 N–H and O–H groups in total. The van der Waals surface area contributed by atoms with E-state index < -0.39 is 0 Å². The minimum absolute atomic E-state index is 0.0340. The lowest BCUT2D eigenvalue weighted by Gasteiger charge is -2.35. The summed E-state index contributed by atoms with van der Waals surface area (Å²) < 4.78 is 0. The number of hydrogen-bond acceptors (Lipinski definition) is 2. The molecule has 1 heterocycles. The monoisotopic (exact) mass is 321 g/mol. The summed E-state index contributed by atoms with van der Waals surface area (Å²) in [4.78, 5) is 27.7. The summed E-state index contributed by atoms with van der Waals surface area (Å²) in [5.74, 6) is 0.857. The minimum atomic E-state index is -0.0994. The molecule has 0 saturated carbocycles. The number of amides is 1. The molecule has 1 aliphatic heterocycles. The number of carbonyl (C=O) groups is 2. The number of nitrogens with zero attached hydrogens (tertiary/aromatic N) is 1. The molecule has 3 rings (SSSR count). The highest BCUT2D eigenvalue weighted by Crippen LogP contribution is 2.24. The average Bonchev–Trinajstić information content (AvgIpc) is 2.60. The molecule has 3 nitrogen and oxygen atoms in total. The van der Waals surface area contributed by atoms with Crippen LogP contribution in [-0.4, -0.2) is 29.7 Å². The van der Waals surface area contributed by atoms with Crippen molar-refractivity contribution in [2.45, 2.75) is 20.3 Å². The molecule has 2 unspecified atom stereocenters. The van der Waals surface area contributed by atoms with Crippen molar-refractivity contribution >= 4 is 11.7 Å². The quantitative estimate of drug-likeness (QED) is 0.800. The number of likely N-dealkylation sites (tertiary alicyclic amines) is 1. The van der Waals surface area contributed by atoms with Crippen LogP contribution in [0.3, 0.4) is 0 Å². The number of rotatable bonds is 3. The van der Waals surface area contributed by atoms with Gasteiger partial charge >= 0.3 is 0 Å². The fourth-order valence-electron chi connectivity index (χ4n) is 3.61. The Kier molecular flexibility index (Phi) is 4.79. The number of benzene rings is 2. The predicted molar refractivity (Wildman–Crippen MR) is 95.2 cm³/mol. The van der Waals surface area contributed by atoms with Crippen molar-refractivity contribution in [3.8, 4) is 0 Å². The van der Waals surface area contributed by atoms with Crippen LogP contribution in [0.1, 0.15) is 46.5 Å². The van der Waals surface area contributed by atoms with Gasteiger partial charge in [-0.3, -0.25) is 9.59 Å². The van der Waals surface area contributed by atoms with Crippen molar-refractivity contribution < 1.29 is 9.59 Å². The van der Waals surface area contributed by atoms with Crippen molar-refractivity contribution in [3.05, 3.63) is 71.3 Å². The lowest BCUT2D eigenvalue weighted by atomic mass is 9.90. The summed E-state index contributed by atoms with van der Waals surface area (Å²) >= 11 is 0. The van der Waals surface area contributed by atoms with E-state index in [0.29, 0.717) is 28.5 Å². The second-order valence-corrected chi connectivity index (χ2v) is 6.90. The van der Waals surface area contributed by atoms with E-state index in [2.05, 4.69) is 13.8 Å². The maximum Gasteiger partial charge on any atom is 0.254 e. The zero-order valence-electron chi connectivity index (χ0n) is 14.2. The van der Waals surface area contributed by atoms with Crippen LogP contribution in [-0.2, 0) is 0 Å². The van der Waals surface area contributed by atoms with Crippen LogP contribution in [0.25, 0.3) is 0 Å². The van der Waals surface area contributed by atoms with Gasteiger partial charge in [-0.2, -0.15) is 0 Å². The van der Waals surface area contributed by atoms with Crippen LogP contribution in [0, 0.1) is 11.8 Å². The summed E-state index contributed by atoms with van der Waals surface area (Å²) in [5, 5.41) is 0. The second-order valence-electron chi connectivity index (χ2n) is 6.90. The highest BCUT2D eigenvalue weighted by atomic mass is 16.2. The molecule has 2 atom stereocenters. The molecule has 24 heavy (non-hydrogen) atoms. The minimum Gasteiger partial charge on any atom is -0.338 e. The van der Waals surface area contributed by atoms with E-state index >= 15 is 0 Å². The van der Waals surface area contributed by atoms with Gasteiger partial charge in [0, 0.05) is 24.2 Å². The first kappa shape index (κ1) is 16.4. The van der Waals surface area contributed by atoms with Gasteiger partial charge in [0.05, 0.1) is 5.56 Å². The molecule has 1 amide bonds. The Labute approximate surface area is 143 Å². The highest BCUT2D eigenvalue weighted by molar-refractivity contribution is 6.15. The molecule has 1 saturated heterocycles. The molecular weight excluding hydrogens is 298 g/mol. The Morgan fingerprint density at radius 2 is 1.38 bits per heavy atom. The molecule has 1 fully saturated rings. The standard InChI is InChI=1S/C21H23NO2/c1-15-12-16(2)14-22(13-15)21(24)19-11-7-6-10-18(19)20(23)17-8-4-3-5-9-17/h3-11,15-16H,12-14H2,1-2H3. The zero-order chi connectivity index (χ0) is 17.1. The van der Waals surface area contributed by atoms with Crippen LogP contribution >= 0.6 is 0 Å². The molecule has 124 valence electrons. The van der Waals surface area contributed by atoms with Crippen LogP contribution in [0.15, 0.2) is 54.6 Å². The van der Waals surface area contributed by atoms with E-state index in [1.807, 2.05) is 35.2 Å². The highest BCUT2D eigenvalue weighted by Gasteiger charge is 2.28. The number of carbonyl (C=O) groups excluding carboxylic acids is 2. The predicted octanol–water partition coefficient (Wildman–Crippen LogP) is 4.04. The Morgan fingerprint density at radius 1 is 0.833 bits per heavy atom. The number of hydrogen-bond donors (Lipinski definition) is 0. The molecule has 0 bridgehead atoms. The smallest absolute Gasteiger partial charge is 0.254 e. The van der Waals surface area contributed by atoms with Gasteiger partial charge in [0.25, 0.3) is 5.91 Å². The summed E-state index contributed by atoms with van der Waals surface area (Å²) in [6.07, 6.45) is 1.15. The Hall–Kier alpha value is -2.42. The topological polar surface area (TPSA) is 37.4 Å². The van der Waals surface area contributed by atoms with Crippen LogP contribution in [0.2, 0.25) is 0 Å². The average molecular weight is 321 g/mol. The van der Waals surface area contributed by atoms with Crippen LogP contribution in [0.4, 0.5) is 0 Å². The third kappa shape index (κ3) is 3.40. The molecule has 0 aliphatic carbocycles. The van der Waals surface area contributed by atoms with E-state index in [4.69, 9.17) is 0 Å². The first-order valence-electron chi connectivity index (χ1n) is 8.54. The number of piperidine rings is 1. The van der Waals surface area contributed by atoms with Gasteiger partial charge in [-0.05, 0) is 24.3 Å². The van der Waals surface area contributed by atoms with Crippen LogP contribution in [0.5, 0.6) is 0 Å². The van der Waals surface area contributed by atoms with E-state index in [0.717, 1.165) is 19.5 Å². The normalized spacial score (nSPS) is 20.7.